The third-order valence-corrected chi connectivity index (χ3v) is 3.89. The number of hydrogen-bond donors (Lipinski definition) is 4. The predicted octanol–water partition coefficient (Wildman–Crippen LogP) is -1.06. The zero-order valence-electron chi connectivity index (χ0n) is 14.2. The van der Waals surface area contributed by atoms with Crippen molar-refractivity contribution in [2.24, 2.45) is 0 Å². The number of nitrogens with zero attached hydrogens (tertiary/aromatic N) is 1. The third-order valence-electron chi connectivity index (χ3n) is 3.89. The van der Waals surface area contributed by atoms with Crippen LogP contribution in [0, 0.1) is 0 Å². The van der Waals surface area contributed by atoms with Gasteiger partial charge < -0.3 is 25.7 Å². The van der Waals surface area contributed by atoms with E-state index in [0.29, 0.717) is 19.4 Å². The molecule has 1 heterocycles. The number of rotatable bonds is 8. The number of amides is 3. The number of carbonyl (C=O) groups is 5. The molecule has 0 aromatic rings. The Bertz CT molecular complexity index is 563. The molecule has 0 spiro atoms. The number of carboxylic acid groups (broad SMARTS) is 2. The highest BCUT2D eigenvalue weighted by atomic mass is 16.4. The fourth-order valence-corrected chi connectivity index (χ4v) is 2.54. The molecule has 3 amide bonds. The van der Waals surface area contributed by atoms with Gasteiger partial charge in [-0.15, -0.1) is 0 Å². The molecule has 4 N–H and O–H groups in total. The Labute approximate surface area is 144 Å². The molecule has 0 radical (unpaired) electrons. The minimum atomic E-state index is -1.12. The van der Waals surface area contributed by atoms with Crippen LogP contribution in [0.15, 0.2) is 0 Å². The molecule has 1 fully saturated rings. The Morgan fingerprint density at radius 2 is 1.68 bits per heavy atom. The van der Waals surface area contributed by atoms with Crippen LogP contribution in [0.1, 0.15) is 39.5 Å². The number of aliphatic carboxylic acids is 2. The second kappa shape index (κ2) is 9.00. The second-order valence-corrected chi connectivity index (χ2v) is 5.94. The van der Waals surface area contributed by atoms with Crippen molar-refractivity contribution in [3.05, 3.63) is 0 Å². The van der Waals surface area contributed by atoms with Crippen LogP contribution in [0.2, 0.25) is 0 Å². The molecule has 0 aromatic heterocycles. The minimum Gasteiger partial charge on any atom is -0.481 e. The first-order valence-electron chi connectivity index (χ1n) is 7.98. The van der Waals surface area contributed by atoms with Crippen molar-refractivity contribution in [3.8, 4) is 0 Å². The molecule has 1 rings (SSSR count). The van der Waals surface area contributed by atoms with Crippen molar-refractivity contribution in [3.63, 3.8) is 0 Å². The van der Waals surface area contributed by atoms with E-state index in [1.54, 1.807) is 0 Å². The van der Waals surface area contributed by atoms with Gasteiger partial charge in [-0.3, -0.25) is 19.2 Å². The van der Waals surface area contributed by atoms with E-state index in [4.69, 9.17) is 10.2 Å². The first-order chi connectivity index (χ1) is 11.6. The summed E-state index contributed by atoms with van der Waals surface area (Å²) in [5, 5.41) is 22.4. The highest BCUT2D eigenvalue weighted by Gasteiger charge is 2.36. The molecule has 25 heavy (non-hydrogen) atoms. The van der Waals surface area contributed by atoms with Crippen LogP contribution in [0.3, 0.4) is 0 Å². The van der Waals surface area contributed by atoms with Crippen molar-refractivity contribution in [1.29, 1.82) is 0 Å². The second-order valence-electron chi connectivity index (χ2n) is 5.94. The van der Waals surface area contributed by atoms with E-state index in [-0.39, 0.29) is 12.8 Å². The van der Waals surface area contributed by atoms with E-state index in [9.17, 15) is 24.0 Å². The molecule has 1 saturated heterocycles. The Morgan fingerprint density at radius 1 is 1.04 bits per heavy atom. The van der Waals surface area contributed by atoms with Gasteiger partial charge in [0, 0.05) is 13.0 Å². The lowest BCUT2D eigenvalue weighted by molar-refractivity contribution is -0.149. The molecule has 3 atom stereocenters. The van der Waals surface area contributed by atoms with E-state index in [2.05, 4.69) is 10.6 Å². The summed E-state index contributed by atoms with van der Waals surface area (Å²) in [6.07, 6.45) is 0.354. The lowest BCUT2D eigenvalue weighted by atomic mass is 10.2. The molecule has 140 valence electrons. The van der Waals surface area contributed by atoms with Gasteiger partial charge in [0.15, 0.2) is 0 Å². The van der Waals surface area contributed by atoms with Gasteiger partial charge in [0.05, 0.1) is 6.42 Å². The lowest BCUT2D eigenvalue weighted by Gasteiger charge is -2.26. The molecule has 10 heteroatoms. The number of carbonyl (C=O) groups excluding carboxylic acids is 3. The van der Waals surface area contributed by atoms with Crippen molar-refractivity contribution in [2.75, 3.05) is 6.54 Å². The molecule has 10 nitrogen and oxygen atoms in total. The van der Waals surface area contributed by atoms with Gasteiger partial charge in [0.2, 0.25) is 17.7 Å². The topological polar surface area (TPSA) is 153 Å². The molecular weight excluding hydrogens is 334 g/mol. The molecule has 0 aromatic carbocycles. The van der Waals surface area contributed by atoms with Gasteiger partial charge in [-0.1, -0.05) is 0 Å². The summed E-state index contributed by atoms with van der Waals surface area (Å²) in [6, 6.07) is -2.78. The minimum absolute atomic E-state index is 0.254. The molecule has 0 aliphatic carbocycles. The normalized spacial score (nSPS) is 19.0. The quantitative estimate of drug-likeness (QED) is 0.432. The van der Waals surface area contributed by atoms with E-state index >= 15 is 0 Å². The van der Waals surface area contributed by atoms with Gasteiger partial charge in [-0.2, -0.15) is 0 Å². The maximum Gasteiger partial charge on any atom is 0.326 e. The Kier molecular flexibility index (Phi) is 7.34. The maximum absolute atomic E-state index is 12.3. The van der Waals surface area contributed by atoms with Gasteiger partial charge >= 0.3 is 11.9 Å². The van der Waals surface area contributed by atoms with E-state index in [1.807, 2.05) is 0 Å². The number of hydrogen-bond acceptors (Lipinski definition) is 5. The van der Waals surface area contributed by atoms with Crippen LogP contribution in [-0.2, 0) is 24.0 Å². The standard InChI is InChI=1S/C15H23N3O7/c1-8(16-11(19)5-6-12(20)21)13(22)17-9(2)14(23)18-7-3-4-10(18)15(24)25/h8-10H,3-7H2,1-2H3,(H,16,19)(H,17,22)(H,20,21)(H,24,25)/t8-,9-,10-/m0/s1. The van der Waals surface area contributed by atoms with Crippen LogP contribution in [-0.4, -0.2) is 69.4 Å². The average molecular weight is 357 g/mol. The summed E-state index contributed by atoms with van der Waals surface area (Å²) >= 11 is 0. The van der Waals surface area contributed by atoms with Crippen LogP contribution in [0.4, 0.5) is 0 Å². The van der Waals surface area contributed by atoms with Gasteiger partial charge in [0.25, 0.3) is 0 Å². The highest BCUT2D eigenvalue weighted by Crippen LogP contribution is 2.18. The number of likely N-dealkylation sites (tertiary alicyclic amines) is 1. The summed E-state index contributed by atoms with van der Waals surface area (Å²) in [5.74, 6) is -3.90. The summed E-state index contributed by atoms with van der Waals surface area (Å²) in [7, 11) is 0. The maximum atomic E-state index is 12.3. The summed E-state index contributed by atoms with van der Waals surface area (Å²) < 4.78 is 0. The summed E-state index contributed by atoms with van der Waals surface area (Å²) in [4.78, 5) is 58.6. The highest BCUT2D eigenvalue weighted by molar-refractivity contribution is 5.93. The molecule has 0 unspecified atom stereocenters. The first kappa shape index (κ1) is 20.4. The zero-order valence-corrected chi connectivity index (χ0v) is 14.2. The van der Waals surface area contributed by atoms with Gasteiger partial charge in [-0.25, -0.2) is 4.79 Å². The van der Waals surface area contributed by atoms with Gasteiger partial charge in [0.1, 0.15) is 18.1 Å². The Balaban J connectivity index is 2.52. The van der Waals surface area contributed by atoms with Crippen LogP contribution >= 0.6 is 0 Å². The zero-order chi connectivity index (χ0) is 19.1. The van der Waals surface area contributed by atoms with Crippen molar-refractivity contribution >= 4 is 29.7 Å². The van der Waals surface area contributed by atoms with Crippen molar-refractivity contribution in [1.82, 2.24) is 15.5 Å². The SMILES string of the molecule is C[C@H](NC(=O)CCC(=O)O)C(=O)N[C@@H](C)C(=O)N1CCC[C@H]1C(=O)O. The summed E-state index contributed by atoms with van der Waals surface area (Å²) in [6.45, 7) is 3.16. The van der Waals surface area contributed by atoms with Crippen molar-refractivity contribution < 1.29 is 34.2 Å². The number of carboxylic acids is 2. The first-order valence-corrected chi connectivity index (χ1v) is 7.98. The molecule has 0 bridgehead atoms. The monoisotopic (exact) mass is 357 g/mol. The largest absolute Gasteiger partial charge is 0.481 e. The molecular formula is C15H23N3O7. The van der Waals surface area contributed by atoms with Crippen LogP contribution in [0.5, 0.6) is 0 Å². The van der Waals surface area contributed by atoms with E-state index in [0.717, 1.165) is 0 Å². The molecule has 0 saturated carbocycles. The fourth-order valence-electron chi connectivity index (χ4n) is 2.54. The van der Waals surface area contributed by atoms with Crippen molar-refractivity contribution in [2.45, 2.75) is 57.7 Å². The fraction of sp³-hybridized carbons (Fsp3) is 0.667. The van der Waals surface area contributed by atoms with E-state index < -0.39 is 47.8 Å². The van der Waals surface area contributed by atoms with Crippen LogP contribution < -0.4 is 10.6 Å². The van der Waals surface area contributed by atoms with E-state index in [1.165, 1.54) is 18.7 Å². The van der Waals surface area contributed by atoms with Crippen LogP contribution in [0.25, 0.3) is 0 Å². The van der Waals surface area contributed by atoms with Gasteiger partial charge in [-0.05, 0) is 26.7 Å². The predicted molar refractivity (Wildman–Crippen MR) is 84.5 cm³/mol. The lowest BCUT2D eigenvalue weighted by Crippen LogP contribution is -2.54. The molecule has 1 aliphatic rings. The average Bonchev–Trinajstić information content (AvgIpc) is 3.01. The Hall–Kier alpha value is -2.65. The third kappa shape index (κ3) is 6.05. The number of nitrogens with one attached hydrogen (secondary N) is 2. The molecule has 1 aliphatic heterocycles. The smallest absolute Gasteiger partial charge is 0.326 e. The summed E-state index contributed by atoms with van der Waals surface area (Å²) in [5.41, 5.74) is 0. The Morgan fingerprint density at radius 3 is 2.24 bits per heavy atom.